The smallest absolute Gasteiger partial charge is 0.329 e. The number of aliphatic carboxylic acids is 1. The Labute approximate surface area is 122 Å². The van der Waals surface area contributed by atoms with Crippen LogP contribution < -0.4 is 15.4 Å². The third-order valence-corrected chi connectivity index (χ3v) is 3.06. The van der Waals surface area contributed by atoms with Crippen LogP contribution in [0.4, 0.5) is 14.9 Å². The molecule has 21 heavy (non-hydrogen) atoms. The number of hydrogen-bond donors (Lipinski definition) is 3. The summed E-state index contributed by atoms with van der Waals surface area (Å²) in [6.07, 6.45) is 0.216. The van der Waals surface area contributed by atoms with Crippen molar-refractivity contribution in [2.45, 2.75) is 32.7 Å². The SMILES string of the molecule is CCOc1ccc(NC(=O)NC(C)(CC)C(=O)O)cc1F. The second kappa shape index (κ2) is 6.92. The molecule has 0 saturated heterocycles. The standard InChI is InChI=1S/C14H19FN2O4/c1-4-14(3,12(18)19)17-13(20)16-9-6-7-11(21-5-2)10(15)8-9/h6-8H,4-5H2,1-3H3,(H,18,19)(H2,16,17,20). The number of carbonyl (C=O) groups is 2. The molecule has 0 heterocycles. The van der Waals surface area contributed by atoms with E-state index in [1.54, 1.807) is 13.8 Å². The minimum absolute atomic E-state index is 0.0902. The fourth-order valence-electron chi connectivity index (χ4n) is 1.56. The van der Waals surface area contributed by atoms with Gasteiger partial charge in [0.25, 0.3) is 0 Å². The van der Waals surface area contributed by atoms with Crippen molar-refractivity contribution in [1.82, 2.24) is 5.32 Å². The molecule has 0 fully saturated rings. The van der Waals surface area contributed by atoms with Crippen molar-refractivity contribution < 1.29 is 23.8 Å². The van der Waals surface area contributed by atoms with Gasteiger partial charge in [-0.3, -0.25) is 0 Å². The van der Waals surface area contributed by atoms with E-state index < -0.39 is 23.4 Å². The predicted molar refractivity (Wildman–Crippen MR) is 76.1 cm³/mol. The summed E-state index contributed by atoms with van der Waals surface area (Å²) >= 11 is 0. The van der Waals surface area contributed by atoms with Crippen LogP contribution in [0, 0.1) is 5.82 Å². The lowest BCUT2D eigenvalue weighted by molar-refractivity contribution is -0.143. The van der Waals surface area contributed by atoms with E-state index in [2.05, 4.69) is 10.6 Å². The monoisotopic (exact) mass is 298 g/mol. The minimum Gasteiger partial charge on any atom is -0.491 e. The maximum absolute atomic E-state index is 13.6. The van der Waals surface area contributed by atoms with E-state index >= 15 is 0 Å². The third-order valence-electron chi connectivity index (χ3n) is 3.06. The quantitative estimate of drug-likeness (QED) is 0.753. The van der Waals surface area contributed by atoms with Gasteiger partial charge >= 0.3 is 12.0 Å². The van der Waals surface area contributed by atoms with Crippen LogP contribution in [-0.2, 0) is 4.79 Å². The van der Waals surface area contributed by atoms with Crippen LogP contribution >= 0.6 is 0 Å². The Hall–Kier alpha value is -2.31. The molecular weight excluding hydrogens is 279 g/mol. The number of carbonyl (C=O) groups excluding carboxylic acids is 1. The summed E-state index contributed by atoms with van der Waals surface area (Å²) in [5.41, 5.74) is -1.18. The highest BCUT2D eigenvalue weighted by molar-refractivity contribution is 5.93. The topological polar surface area (TPSA) is 87.7 Å². The summed E-state index contributed by atoms with van der Waals surface area (Å²) in [5, 5.41) is 13.8. The molecule has 0 aliphatic rings. The average molecular weight is 298 g/mol. The lowest BCUT2D eigenvalue weighted by Gasteiger charge is -2.24. The van der Waals surface area contributed by atoms with Crippen molar-refractivity contribution in [2.75, 3.05) is 11.9 Å². The van der Waals surface area contributed by atoms with Crippen molar-refractivity contribution >= 4 is 17.7 Å². The van der Waals surface area contributed by atoms with Crippen LogP contribution in [0.1, 0.15) is 27.2 Å². The second-order valence-electron chi connectivity index (χ2n) is 4.65. The van der Waals surface area contributed by atoms with E-state index in [1.807, 2.05) is 0 Å². The lowest BCUT2D eigenvalue weighted by Crippen LogP contribution is -2.53. The van der Waals surface area contributed by atoms with Gasteiger partial charge in [0, 0.05) is 11.8 Å². The van der Waals surface area contributed by atoms with Crippen molar-refractivity contribution in [2.24, 2.45) is 0 Å². The predicted octanol–water partition coefficient (Wildman–Crippen LogP) is 2.60. The van der Waals surface area contributed by atoms with E-state index in [4.69, 9.17) is 9.84 Å². The Balaban J connectivity index is 2.75. The van der Waals surface area contributed by atoms with Gasteiger partial charge in [-0.1, -0.05) is 6.92 Å². The molecule has 3 N–H and O–H groups in total. The molecule has 0 spiro atoms. The molecule has 6 nitrogen and oxygen atoms in total. The van der Waals surface area contributed by atoms with Crippen LogP contribution in [-0.4, -0.2) is 29.3 Å². The Bertz CT molecular complexity index is 536. The summed E-state index contributed by atoms with van der Waals surface area (Å²) in [7, 11) is 0. The summed E-state index contributed by atoms with van der Waals surface area (Å²) in [6.45, 7) is 5.10. The first kappa shape index (κ1) is 16.7. The zero-order valence-electron chi connectivity index (χ0n) is 12.2. The molecule has 0 aliphatic carbocycles. The molecular formula is C14H19FN2O4. The molecule has 0 bridgehead atoms. The minimum atomic E-state index is -1.38. The van der Waals surface area contributed by atoms with Crippen LogP contribution in [0.3, 0.4) is 0 Å². The summed E-state index contributed by atoms with van der Waals surface area (Å²) in [5.74, 6) is -1.66. The fourth-order valence-corrected chi connectivity index (χ4v) is 1.56. The third kappa shape index (κ3) is 4.34. The van der Waals surface area contributed by atoms with Crippen LogP contribution in [0.5, 0.6) is 5.75 Å². The highest BCUT2D eigenvalue weighted by atomic mass is 19.1. The van der Waals surface area contributed by atoms with Gasteiger partial charge in [0.1, 0.15) is 5.54 Å². The molecule has 1 aromatic carbocycles. The highest BCUT2D eigenvalue weighted by Crippen LogP contribution is 2.21. The maximum Gasteiger partial charge on any atom is 0.329 e. The summed E-state index contributed by atoms with van der Waals surface area (Å²) in [6, 6.07) is 3.25. The number of anilines is 1. The maximum atomic E-state index is 13.6. The average Bonchev–Trinajstić information content (AvgIpc) is 2.41. The zero-order valence-corrected chi connectivity index (χ0v) is 12.2. The number of hydrogen-bond acceptors (Lipinski definition) is 3. The molecule has 1 aromatic rings. The number of amides is 2. The zero-order chi connectivity index (χ0) is 16.0. The van der Waals surface area contributed by atoms with Gasteiger partial charge in [0.2, 0.25) is 0 Å². The van der Waals surface area contributed by atoms with Crippen molar-refractivity contribution in [3.63, 3.8) is 0 Å². The Morgan fingerprint density at radius 1 is 1.38 bits per heavy atom. The summed E-state index contributed by atoms with van der Waals surface area (Å²) in [4.78, 5) is 22.9. The fraction of sp³-hybridized carbons (Fsp3) is 0.429. The molecule has 1 atom stereocenters. The van der Waals surface area contributed by atoms with E-state index in [0.717, 1.165) is 6.07 Å². The van der Waals surface area contributed by atoms with E-state index in [1.165, 1.54) is 19.1 Å². The Kier molecular flexibility index (Phi) is 5.52. The van der Waals surface area contributed by atoms with Crippen LogP contribution in [0.25, 0.3) is 0 Å². The van der Waals surface area contributed by atoms with Gasteiger partial charge in [-0.2, -0.15) is 0 Å². The van der Waals surface area contributed by atoms with Crippen molar-refractivity contribution in [3.05, 3.63) is 24.0 Å². The number of carboxylic acid groups (broad SMARTS) is 1. The molecule has 2 amide bonds. The Morgan fingerprint density at radius 3 is 2.52 bits per heavy atom. The van der Waals surface area contributed by atoms with E-state index in [0.29, 0.717) is 6.61 Å². The van der Waals surface area contributed by atoms with Crippen molar-refractivity contribution in [1.29, 1.82) is 0 Å². The highest BCUT2D eigenvalue weighted by Gasteiger charge is 2.32. The second-order valence-corrected chi connectivity index (χ2v) is 4.65. The van der Waals surface area contributed by atoms with Gasteiger partial charge in [-0.25, -0.2) is 14.0 Å². The van der Waals surface area contributed by atoms with Gasteiger partial charge in [-0.15, -0.1) is 0 Å². The number of nitrogens with one attached hydrogen (secondary N) is 2. The first-order valence-corrected chi connectivity index (χ1v) is 6.57. The first-order chi connectivity index (χ1) is 9.82. The lowest BCUT2D eigenvalue weighted by atomic mass is 10.00. The number of benzene rings is 1. The van der Waals surface area contributed by atoms with Crippen molar-refractivity contribution in [3.8, 4) is 5.75 Å². The molecule has 0 aromatic heterocycles. The number of urea groups is 1. The molecule has 1 rings (SSSR count). The van der Waals surface area contributed by atoms with E-state index in [-0.39, 0.29) is 17.9 Å². The molecule has 0 saturated carbocycles. The first-order valence-electron chi connectivity index (χ1n) is 6.57. The molecule has 1 unspecified atom stereocenters. The number of carboxylic acids is 1. The molecule has 7 heteroatoms. The number of rotatable bonds is 6. The van der Waals surface area contributed by atoms with Gasteiger partial charge in [0.05, 0.1) is 6.61 Å². The molecule has 116 valence electrons. The van der Waals surface area contributed by atoms with Crippen LogP contribution in [0.2, 0.25) is 0 Å². The van der Waals surface area contributed by atoms with Crippen LogP contribution in [0.15, 0.2) is 18.2 Å². The summed E-state index contributed by atoms with van der Waals surface area (Å²) < 4.78 is 18.7. The van der Waals surface area contributed by atoms with Gasteiger partial charge in [-0.05, 0) is 32.4 Å². The van der Waals surface area contributed by atoms with Gasteiger partial charge < -0.3 is 20.5 Å². The number of ether oxygens (including phenoxy) is 1. The number of halogens is 1. The van der Waals surface area contributed by atoms with Gasteiger partial charge in [0.15, 0.2) is 11.6 Å². The molecule has 0 aliphatic heterocycles. The largest absolute Gasteiger partial charge is 0.491 e. The van der Waals surface area contributed by atoms with E-state index in [9.17, 15) is 14.0 Å². The Morgan fingerprint density at radius 2 is 2.05 bits per heavy atom. The molecule has 0 radical (unpaired) electrons. The normalized spacial score (nSPS) is 13.1.